The molecule has 6 nitrogen and oxygen atoms in total. The van der Waals surface area contributed by atoms with Gasteiger partial charge >= 0.3 is 0 Å². The van der Waals surface area contributed by atoms with Gasteiger partial charge in [-0.2, -0.15) is 0 Å². The molecule has 342 valence electrons. The number of nitrogens with zero attached hydrogens (tertiary/aromatic N) is 5. The molecule has 0 amide bonds. The molecular formula is C66H41B2N5O. The molecule has 4 aliphatic rings. The molecule has 7 heterocycles. The van der Waals surface area contributed by atoms with Crippen LogP contribution in [0.3, 0.4) is 0 Å². The van der Waals surface area contributed by atoms with Gasteiger partial charge in [0.2, 0.25) is 0 Å². The van der Waals surface area contributed by atoms with Crippen LogP contribution in [-0.4, -0.2) is 27.5 Å². The molecule has 74 heavy (non-hydrogen) atoms. The van der Waals surface area contributed by atoms with E-state index in [4.69, 9.17) is 4.74 Å². The summed E-state index contributed by atoms with van der Waals surface area (Å²) in [5.74, 6) is 1.78. The van der Waals surface area contributed by atoms with Crippen LogP contribution in [0.4, 0.5) is 34.1 Å². The van der Waals surface area contributed by atoms with E-state index in [0.29, 0.717) is 0 Å². The summed E-state index contributed by atoms with van der Waals surface area (Å²) in [6, 6.07) is 80.3. The van der Waals surface area contributed by atoms with Crippen molar-refractivity contribution in [1.29, 1.82) is 0 Å². The summed E-state index contributed by atoms with van der Waals surface area (Å²) in [4.78, 5) is 9.51. The number of fused-ring (bicyclic) bond motifs is 16. The Morgan fingerprint density at radius 2 is 1.01 bits per heavy atom. The van der Waals surface area contributed by atoms with E-state index in [9.17, 15) is 0 Å². The summed E-state index contributed by atoms with van der Waals surface area (Å²) < 4.78 is 12.8. The first-order valence-corrected chi connectivity index (χ1v) is 25.6. The number of ether oxygens (including phenoxy) is 1. The Hall–Kier alpha value is -9.52. The Labute approximate surface area is 427 Å². The van der Waals surface area contributed by atoms with Crippen molar-refractivity contribution in [1.82, 2.24) is 14.1 Å². The molecule has 0 aliphatic carbocycles. The van der Waals surface area contributed by atoms with Crippen LogP contribution in [0.25, 0.3) is 66.1 Å². The van der Waals surface area contributed by atoms with Gasteiger partial charge in [0.05, 0.1) is 27.8 Å². The fraction of sp³-hybridized carbons (Fsp3) is 0.0152. The maximum atomic E-state index is 7.76. The van der Waals surface area contributed by atoms with E-state index in [1.165, 1.54) is 98.9 Å². The van der Waals surface area contributed by atoms with Gasteiger partial charge in [-0.25, -0.2) is 0 Å². The first-order chi connectivity index (χ1) is 36.7. The molecule has 0 atom stereocenters. The number of hydrogen-bond acceptors (Lipinski definition) is 4. The lowest BCUT2D eigenvalue weighted by Crippen LogP contribution is -2.64. The lowest BCUT2D eigenvalue weighted by molar-refractivity contribution is 0.484. The number of hydrogen-bond donors (Lipinski definition) is 0. The number of aromatic nitrogens is 3. The predicted octanol–water partition coefficient (Wildman–Crippen LogP) is 12.3. The van der Waals surface area contributed by atoms with Crippen LogP contribution in [0.1, 0.15) is 5.56 Å². The molecule has 0 fully saturated rings. The van der Waals surface area contributed by atoms with Gasteiger partial charge < -0.3 is 23.7 Å². The fourth-order valence-electron chi connectivity index (χ4n) is 13.8. The minimum Gasteiger partial charge on any atom is -0.458 e. The first-order valence-electron chi connectivity index (χ1n) is 25.6. The molecule has 0 spiro atoms. The Morgan fingerprint density at radius 1 is 0.473 bits per heavy atom. The van der Waals surface area contributed by atoms with E-state index in [1.807, 2.05) is 12.4 Å². The normalized spacial score (nSPS) is 13.2. The number of pyridine rings is 1. The third-order valence-electron chi connectivity index (χ3n) is 16.5. The highest BCUT2D eigenvalue weighted by Crippen LogP contribution is 2.51. The molecular weight excluding hydrogens is 900 g/mol. The number of rotatable bonds is 5. The summed E-state index contributed by atoms with van der Waals surface area (Å²) in [7, 11) is 0. The van der Waals surface area contributed by atoms with Gasteiger partial charge in [0.1, 0.15) is 11.5 Å². The van der Waals surface area contributed by atoms with Crippen molar-refractivity contribution < 1.29 is 4.74 Å². The largest absolute Gasteiger partial charge is 0.458 e. The van der Waals surface area contributed by atoms with E-state index in [2.05, 4.69) is 249 Å². The van der Waals surface area contributed by atoms with Crippen LogP contribution in [0.2, 0.25) is 0 Å². The van der Waals surface area contributed by atoms with Crippen molar-refractivity contribution in [2.45, 2.75) is 6.92 Å². The Balaban J connectivity index is 1.01. The lowest BCUT2D eigenvalue weighted by atomic mass is 9.30. The molecule has 3 aromatic heterocycles. The maximum absolute atomic E-state index is 7.76. The minimum atomic E-state index is -0.120. The monoisotopic (exact) mass is 941 g/mol. The van der Waals surface area contributed by atoms with Crippen LogP contribution >= 0.6 is 0 Å². The molecule has 0 saturated carbocycles. The topological polar surface area (TPSA) is 38.5 Å². The summed E-state index contributed by atoms with van der Waals surface area (Å²) in [6.07, 6.45) is 3.85. The zero-order valence-electron chi connectivity index (χ0n) is 40.2. The molecule has 13 aromatic rings. The Kier molecular flexibility index (Phi) is 8.01. The highest BCUT2D eigenvalue weighted by Gasteiger charge is 2.48. The average molecular weight is 942 g/mol. The summed E-state index contributed by atoms with van der Waals surface area (Å²) in [5.41, 5.74) is 24.9. The average Bonchev–Trinajstić information content (AvgIpc) is 4.01. The summed E-state index contributed by atoms with van der Waals surface area (Å²) >= 11 is 0. The quantitative estimate of drug-likeness (QED) is 0.161. The van der Waals surface area contributed by atoms with Gasteiger partial charge in [-0.15, -0.1) is 0 Å². The second-order valence-corrected chi connectivity index (χ2v) is 20.2. The number of benzene rings is 10. The van der Waals surface area contributed by atoms with Gasteiger partial charge in [-0.05, 0) is 118 Å². The van der Waals surface area contributed by atoms with E-state index in [1.54, 1.807) is 0 Å². The van der Waals surface area contributed by atoms with Crippen molar-refractivity contribution in [2.24, 2.45) is 0 Å². The van der Waals surface area contributed by atoms with Gasteiger partial charge in [0.15, 0.2) is 0 Å². The second kappa shape index (κ2) is 14.8. The van der Waals surface area contributed by atoms with Gasteiger partial charge in [0, 0.05) is 85.4 Å². The standard InChI is InChI=1S/C66H41B2N5O/c1-40-63-50(67-48-27-13-17-31-54(48)72-52-29-15-11-25-45(52)59-47(41-19-5-2-6-20-41)37-57(61(67)64(59)72)71(63)44-33-35-69-36-34-44)38-51-66(40)74-58-39-56(70(42-21-7-3-8-22-42)43-23-9-4-10-24-43)60-46-26-12-16-30-53(46)73-55-32-18-14-28-49(55)68(51)62(58)65(60)73/h2-39H,1H3. The molecule has 0 unspecified atom stereocenters. The minimum absolute atomic E-state index is 0.0817. The van der Waals surface area contributed by atoms with Crippen LogP contribution in [0, 0.1) is 6.92 Å². The molecule has 17 rings (SSSR count). The van der Waals surface area contributed by atoms with Crippen molar-refractivity contribution in [3.63, 3.8) is 0 Å². The van der Waals surface area contributed by atoms with Crippen molar-refractivity contribution >= 4 is 124 Å². The molecule has 0 bridgehead atoms. The van der Waals surface area contributed by atoms with E-state index in [0.717, 1.165) is 51.2 Å². The Morgan fingerprint density at radius 3 is 1.66 bits per heavy atom. The SMILES string of the molecule is Cc1c2c(cc3c1N(c1ccncc1)c1cc(-c4ccccc4)c4c5ccccc5n5c4c1B3c1ccccc1-5)B1c3ccccc3-n3c4ccccc4c4c(N(c5ccccc5)c5ccccc5)cc(c1c43)O2. The zero-order chi connectivity index (χ0) is 48.3. The maximum Gasteiger partial charge on any atom is 0.256 e. The molecule has 4 aliphatic heterocycles. The molecule has 10 aromatic carbocycles. The van der Waals surface area contributed by atoms with Crippen molar-refractivity contribution in [3.8, 4) is 34.0 Å². The third kappa shape index (κ3) is 5.13. The third-order valence-corrected chi connectivity index (χ3v) is 16.5. The van der Waals surface area contributed by atoms with Crippen LogP contribution in [0.5, 0.6) is 11.5 Å². The fourth-order valence-corrected chi connectivity index (χ4v) is 13.8. The van der Waals surface area contributed by atoms with E-state index in [-0.39, 0.29) is 13.4 Å². The lowest BCUT2D eigenvalue weighted by Gasteiger charge is -2.43. The Bertz CT molecular complexity index is 4510. The summed E-state index contributed by atoms with van der Waals surface area (Å²) in [6.45, 7) is 2.10. The number of para-hydroxylation sites is 6. The van der Waals surface area contributed by atoms with Crippen molar-refractivity contribution in [2.75, 3.05) is 9.80 Å². The van der Waals surface area contributed by atoms with Crippen LogP contribution in [0.15, 0.2) is 231 Å². The second-order valence-electron chi connectivity index (χ2n) is 20.2. The zero-order valence-corrected chi connectivity index (χ0v) is 40.2. The van der Waals surface area contributed by atoms with Gasteiger partial charge in [0.25, 0.3) is 13.4 Å². The van der Waals surface area contributed by atoms with Crippen LogP contribution < -0.4 is 47.3 Å². The highest BCUT2D eigenvalue weighted by molar-refractivity contribution is 7.02. The summed E-state index contributed by atoms with van der Waals surface area (Å²) in [5, 5.41) is 4.94. The molecule has 0 saturated heterocycles. The van der Waals surface area contributed by atoms with E-state index < -0.39 is 0 Å². The van der Waals surface area contributed by atoms with E-state index >= 15 is 0 Å². The molecule has 8 heteroatoms. The van der Waals surface area contributed by atoms with Crippen LogP contribution in [-0.2, 0) is 0 Å². The number of anilines is 6. The predicted molar refractivity (Wildman–Crippen MR) is 308 cm³/mol. The van der Waals surface area contributed by atoms with Crippen molar-refractivity contribution in [3.05, 3.63) is 236 Å². The van der Waals surface area contributed by atoms with Gasteiger partial charge in [-0.1, -0.05) is 146 Å². The first kappa shape index (κ1) is 40.1. The molecule has 0 N–H and O–H groups in total. The smallest absolute Gasteiger partial charge is 0.256 e. The van der Waals surface area contributed by atoms with Gasteiger partial charge in [-0.3, -0.25) is 4.98 Å². The highest BCUT2D eigenvalue weighted by atomic mass is 16.5. The molecule has 0 radical (unpaired) electrons.